The minimum absolute atomic E-state index is 0.0382. The van der Waals surface area contributed by atoms with Crippen LogP contribution in [0.15, 0.2) is 17.1 Å². The lowest BCUT2D eigenvalue weighted by molar-refractivity contribution is -0.137. The molecule has 2 amide bonds. The van der Waals surface area contributed by atoms with Gasteiger partial charge in [-0.25, -0.2) is 19.9 Å². The van der Waals surface area contributed by atoms with Gasteiger partial charge >= 0.3 is 12.3 Å². The number of aliphatic imine (C=N–C) groups is 1. The number of aromatic nitrogens is 2. The van der Waals surface area contributed by atoms with Gasteiger partial charge in [0.2, 0.25) is 5.91 Å². The number of hydrazine groups is 1. The standard InChI is InChI=1S/C23H24Cl2F3N7O3/c1-21(2,3)38-20(37)32-31-19(36)22(6-7-22)16-15(10-29)33-35(18(16)30-11-34(4)5)17-13(24)8-12(9-14(17)25)23(26,27)28/h8-9,11H,6-7H2,1-5H3,(H,31,36)(H,32,37)/b30-11+. The van der Waals surface area contributed by atoms with Gasteiger partial charge in [0.1, 0.15) is 17.4 Å². The SMILES string of the molecule is CN(C)/C=N/c1c(C2(C(=O)NNC(=O)OC(C)(C)C)CC2)c(C#N)nn1-c1c(Cl)cc(C(F)(F)F)cc1Cl. The van der Waals surface area contributed by atoms with Crippen molar-refractivity contribution in [3.8, 4) is 11.8 Å². The highest BCUT2D eigenvalue weighted by molar-refractivity contribution is 6.38. The smallest absolute Gasteiger partial charge is 0.426 e. The monoisotopic (exact) mass is 573 g/mol. The minimum Gasteiger partial charge on any atom is -0.443 e. The van der Waals surface area contributed by atoms with Gasteiger partial charge in [0.25, 0.3) is 0 Å². The van der Waals surface area contributed by atoms with Gasteiger partial charge in [0, 0.05) is 14.1 Å². The fraction of sp³-hybridized carbons (Fsp3) is 0.435. The first-order valence-corrected chi connectivity index (χ1v) is 11.9. The lowest BCUT2D eigenvalue weighted by Crippen LogP contribution is -2.48. The van der Waals surface area contributed by atoms with Crippen molar-refractivity contribution in [3.63, 3.8) is 0 Å². The number of hydrogen-bond acceptors (Lipinski definition) is 6. The molecule has 15 heteroatoms. The van der Waals surface area contributed by atoms with Crippen LogP contribution in [0.5, 0.6) is 0 Å². The van der Waals surface area contributed by atoms with E-state index in [1.807, 2.05) is 6.07 Å². The van der Waals surface area contributed by atoms with E-state index in [0.717, 1.165) is 4.68 Å². The molecule has 1 saturated carbocycles. The van der Waals surface area contributed by atoms with E-state index in [0.29, 0.717) is 12.1 Å². The largest absolute Gasteiger partial charge is 0.443 e. The fourth-order valence-electron chi connectivity index (χ4n) is 3.55. The van der Waals surface area contributed by atoms with E-state index in [9.17, 15) is 28.0 Å². The van der Waals surface area contributed by atoms with Crippen molar-refractivity contribution in [2.75, 3.05) is 14.1 Å². The molecule has 1 aromatic heterocycles. The number of nitrogens with zero attached hydrogens (tertiary/aromatic N) is 5. The predicted molar refractivity (Wildman–Crippen MR) is 134 cm³/mol. The molecular weight excluding hydrogens is 550 g/mol. The average Bonchev–Trinajstić information content (AvgIpc) is 3.49. The van der Waals surface area contributed by atoms with Crippen LogP contribution < -0.4 is 10.9 Å². The van der Waals surface area contributed by atoms with E-state index in [1.54, 1.807) is 39.8 Å². The minimum atomic E-state index is -4.71. The second kappa shape index (κ2) is 10.3. The topological polar surface area (TPSA) is 125 Å². The van der Waals surface area contributed by atoms with Crippen LogP contribution in [0, 0.1) is 11.3 Å². The first-order chi connectivity index (χ1) is 17.5. The number of halogens is 5. The summed E-state index contributed by atoms with van der Waals surface area (Å²) in [7, 11) is 3.33. The van der Waals surface area contributed by atoms with Crippen LogP contribution in [0.25, 0.3) is 5.69 Å². The molecule has 38 heavy (non-hydrogen) atoms. The molecule has 1 heterocycles. The Balaban J connectivity index is 2.13. The maximum absolute atomic E-state index is 13.3. The summed E-state index contributed by atoms with van der Waals surface area (Å²) in [4.78, 5) is 31.2. The van der Waals surface area contributed by atoms with E-state index in [4.69, 9.17) is 27.9 Å². The van der Waals surface area contributed by atoms with Gasteiger partial charge in [-0.1, -0.05) is 23.2 Å². The van der Waals surface area contributed by atoms with Crippen molar-refractivity contribution in [1.29, 1.82) is 5.26 Å². The van der Waals surface area contributed by atoms with E-state index < -0.39 is 44.8 Å². The summed E-state index contributed by atoms with van der Waals surface area (Å²) in [5.74, 6) is -0.700. The highest BCUT2D eigenvalue weighted by atomic mass is 35.5. The Kier molecular flexibility index (Phi) is 7.91. The third-order valence-electron chi connectivity index (χ3n) is 5.27. The molecule has 1 fully saturated rings. The number of carbonyl (C=O) groups excluding carboxylic acids is 2. The molecule has 204 valence electrons. The van der Waals surface area contributed by atoms with Gasteiger partial charge in [-0.2, -0.15) is 23.5 Å². The van der Waals surface area contributed by atoms with Crippen molar-refractivity contribution in [3.05, 3.63) is 39.0 Å². The fourth-order valence-corrected chi connectivity index (χ4v) is 4.20. The van der Waals surface area contributed by atoms with Crippen LogP contribution in [-0.2, 0) is 21.1 Å². The number of benzene rings is 1. The van der Waals surface area contributed by atoms with Gasteiger partial charge in [-0.3, -0.25) is 10.2 Å². The first-order valence-electron chi connectivity index (χ1n) is 11.1. The Hall–Kier alpha value is -3.50. The molecular formula is C23H24Cl2F3N7O3. The Bertz CT molecular complexity index is 1310. The molecule has 1 aromatic carbocycles. The molecule has 0 bridgehead atoms. The zero-order valence-corrected chi connectivity index (χ0v) is 22.5. The summed E-state index contributed by atoms with van der Waals surface area (Å²) in [6.07, 6.45) is -3.70. The van der Waals surface area contributed by atoms with E-state index >= 15 is 0 Å². The van der Waals surface area contributed by atoms with E-state index in [2.05, 4.69) is 20.9 Å². The van der Waals surface area contributed by atoms with Crippen LogP contribution in [0.2, 0.25) is 10.0 Å². The molecule has 0 saturated heterocycles. The van der Waals surface area contributed by atoms with Crippen LogP contribution in [0.3, 0.4) is 0 Å². The van der Waals surface area contributed by atoms with Crippen molar-refractivity contribution < 1.29 is 27.5 Å². The number of alkyl halides is 3. The van der Waals surface area contributed by atoms with Crippen LogP contribution in [-0.4, -0.2) is 52.7 Å². The van der Waals surface area contributed by atoms with Gasteiger partial charge in [0.05, 0.1) is 32.9 Å². The summed E-state index contributed by atoms with van der Waals surface area (Å²) in [5, 5.41) is 13.3. The van der Waals surface area contributed by atoms with Crippen LogP contribution in [0.4, 0.5) is 23.8 Å². The molecule has 0 radical (unpaired) electrons. The zero-order chi connectivity index (χ0) is 28.6. The Morgan fingerprint density at radius 3 is 2.24 bits per heavy atom. The Labute approximate surface area is 226 Å². The highest BCUT2D eigenvalue weighted by Crippen LogP contribution is 2.53. The average molecular weight is 574 g/mol. The van der Waals surface area contributed by atoms with Crippen LogP contribution in [0.1, 0.15) is 50.4 Å². The van der Waals surface area contributed by atoms with E-state index in [-0.39, 0.29) is 35.6 Å². The zero-order valence-electron chi connectivity index (χ0n) is 21.0. The second-order valence-corrected chi connectivity index (χ2v) is 10.5. The summed E-state index contributed by atoms with van der Waals surface area (Å²) >= 11 is 12.4. The summed E-state index contributed by atoms with van der Waals surface area (Å²) in [6.45, 7) is 4.95. The van der Waals surface area contributed by atoms with Gasteiger partial charge in [-0.05, 0) is 45.7 Å². The molecule has 1 aliphatic rings. The molecule has 0 unspecified atom stereocenters. The number of carbonyl (C=O) groups is 2. The summed E-state index contributed by atoms with van der Waals surface area (Å²) in [5.41, 5.74) is 1.00. The molecule has 3 rings (SSSR count). The number of rotatable bonds is 5. The van der Waals surface area contributed by atoms with Gasteiger partial charge < -0.3 is 9.64 Å². The number of hydrogen-bond donors (Lipinski definition) is 2. The summed E-state index contributed by atoms with van der Waals surface area (Å²) < 4.78 is 46.0. The Morgan fingerprint density at radius 1 is 1.21 bits per heavy atom. The maximum Gasteiger partial charge on any atom is 0.426 e. The number of nitrogens with one attached hydrogen (secondary N) is 2. The summed E-state index contributed by atoms with van der Waals surface area (Å²) in [6, 6.07) is 3.27. The molecule has 2 aromatic rings. The van der Waals surface area contributed by atoms with E-state index in [1.165, 1.54) is 6.34 Å². The first kappa shape index (κ1) is 29.1. The third kappa shape index (κ3) is 6.14. The van der Waals surface area contributed by atoms with Crippen molar-refractivity contribution in [2.45, 2.75) is 50.8 Å². The molecule has 2 N–H and O–H groups in total. The molecule has 1 aliphatic carbocycles. The van der Waals surface area contributed by atoms with Crippen LogP contribution >= 0.6 is 23.2 Å². The molecule has 10 nitrogen and oxygen atoms in total. The third-order valence-corrected chi connectivity index (χ3v) is 5.85. The molecule has 0 spiro atoms. The second-order valence-electron chi connectivity index (χ2n) is 9.73. The number of amides is 2. The van der Waals surface area contributed by atoms with Crippen molar-refractivity contribution in [1.82, 2.24) is 25.5 Å². The lowest BCUT2D eigenvalue weighted by Gasteiger charge is -2.21. The van der Waals surface area contributed by atoms with Gasteiger partial charge in [0.15, 0.2) is 11.5 Å². The Morgan fingerprint density at radius 2 is 1.79 bits per heavy atom. The van der Waals surface area contributed by atoms with Crippen molar-refractivity contribution in [2.24, 2.45) is 4.99 Å². The number of nitriles is 1. The predicted octanol–water partition coefficient (Wildman–Crippen LogP) is 4.88. The molecule has 0 aliphatic heterocycles. The quantitative estimate of drug-likeness (QED) is 0.298. The maximum atomic E-state index is 13.3. The highest BCUT2D eigenvalue weighted by Gasteiger charge is 2.56. The van der Waals surface area contributed by atoms with Crippen molar-refractivity contribution >= 4 is 47.4 Å². The number of ether oxygens (including phenoxy) is 1. The lowest BCUT2D eigenvalue weighted by atomic mass is 9.94. The molecule has 0 atom stereocenters. The van der Waals surface area contributed by atoms with Gasteiger partial charge in [-0.15, -0.1) is 0 Å². The normalized spacial score (nSPS) is 14.7.